The van der Waals surface area contributed by atoms with E-state index >= 15 is 0 Å². The van der Waals surface area contributed by atoms with Gasteiger partial charge in [-0.3, -0.25) is 0 Å². The standard InChI is InChI=1S/C15H18IN3O2/c1-9(19-15(17)14(16)10(2)18-19)3-4-11-5-6-12-13(7-11)21-8-20-12/h5-7,9H,3-4,8,17H2,1-2H3. The Balaban J connectivity index is 1.68. The van der Waals surface area contributed by atoms with Gasteiger partial charge in [-0.25, -0.2) is 4.68 Å². The third-order valence-electron chi connectivity index (χ3n) is 3.75. The average molecular weight is 399 g/mol. The molecule has 1 aliphatic rings. The van der Waals surface area contributed by atoms with Crippen LogP contribution < -0.4 is 15.2 Å². The van der Waals surface area contributed by atoms with Crippen LogP contribution in [-0.4, -0.2) is 16.6 Å². The van der Waals surface area contributed by atoms with Gasteiger partial charge in [-0.15, -0.1) is 0 Å². The van der Waals surface area contributed by atoms with Gasteiger partial charge in [-0.05, 0) is 67.0 Å². The fourth-order valence-electron chi connectivity index (χ4n) is 2.48. The number of hydrogen-bond acceptors (Lipinski definition) is 4. The summed E-state index contributed by atoms with van der Waals surface area (Å²) in [7, 11) is 0. The van der Waals surface area contributed by atoms with Crippen molar-refractivity contribution in [1.29, 1.82) is 0 Å². The molecule has 1 unspecified atom stereocenters. The molecule has 0 saturated heterocycles. The molecule has 2 N–H and O–H groups in total. The van der Waals surface area contributed by atoms with Gasteiger partial charge >= 0.3 is 0 Å². The van der Waals surface area contributed by atoms with E-state index in [-0.39, 0.29) is 6.04 Å². The molecular formula is C15H18IN3O2. The van der Waals surface area contributed by atoms with Crippen LogP contribution in [0.1, 0.15) is 30.6 Å². The number of aromatic nitrogens is 2. The van der Waals surface area contributed by atoms with Gasteiger partial charge in [-0.1, -0.05) is 6.07 Å². The first-order chi connectivity index (χ1) is 10.1. The summed E-state index contributed by atoms with van der Waals surface area (Å²) in [4.78, 5) is 0. The van der Waals surface area contributed by atoms with Crippen molar-refractivity contribution in [2.24, 2.45) is 0 Å². The first-order valence-corrected chi connectivity index (χ1v) is 8.02. The number of nitrogens with two attached hydrogens (primary N) is 1. The van der Waals surface area contributed by atoms with Crippen LogP contribution in [-0.2, 0) is 6.42 Å². The summed E-state index contributed by atoms with van der Waals surface area (Å²) < 4.78 is 13.7. The van der Waals surface area contributed by atoms with Gasteiger partial charge in [0.2, 0.25) is 6.79 Å². The first-order valence-electron chi connectivity index (χ1n) is 6.95. The predicted molar refractivity (Wildman–Crippen MR) is 89.7 cm³/mol. The zero-order chi connectivity index (χ0) is 15.0. The number of anilines is 1. The fourth-order valence-corrected chi connectivity index (χ4v) is 2.83. The van der Waals surface area contributed by atoms with Crippen LogP contribution in [0.3, 0.4) is 0 Å². The second-order valence-electron chi connectivity index (χ2n) is 5.30. The Kier molecular flexibility index (Phi) is 3.97. The number of nitrogens with zero attached hydrogens (tertiary/aromatic N) is 2. The summed E-state index contributed by atoms with van der Waals surface area (Å²) >= 11 is 2.24. The zero-order valence-corrected chi connectivity index (χ0v) is 14.3. The lowest BCUT2D eigenvalue weighted by Crippen LogP contribution is -2.11. The fraction of sp³-hybridized carbons (Fsp3) is 0.400. The number of hydrogen-bond donors (Lipinski definition) is 1. The lowest BCUT2D eigenvalue weighted by molar-refractivity contribution is 0.174. The first kappa shape index (κ1) is 14.5. The van der Waals surface area contributed by atoms with Crippen LogP contribution in [0.15, 0.2) is 18.2 Å². The van der Waals surface area contributed by atoms with Gasteiger partial charge in [0.05, 0.1) is 15.3 Å². The van der Waals surface area contributed by atoms with E-state index in [1.807, 2.05) is 17.7 Å². The van der Waals surface area contributed by atoms with Crippen LogP contribution in [0.4, 0.5) is 5.82 Å². The van der Waals surface area contributed by atoms with Gasteiger partial charge in [0, 0.05) is 0 Å². The monoisotopic (exact) mass is 399 g/mol. The van der Waals surface area contributed by atoms with Crippen LogP contribution in [0.5, 0.6) is 11.5 Å². The molecule has 0 aliphatic carbocycles. The third-order valence-corrected chi connectivity index (χ3v) is 5.09. The van der Waals surface area contributed by atoms with Gasteiger partial charge < -0.3 is 15.2 Å². The molecule has 2 heterocycles. The highest BCUT2D eigenvalue weighted by molar-refractivity contribution is 14.1. The van der Waals surface area contributed by atoms with Gasteiger partial charge in [-0.2, -0.15) is 5.10 Å². The molecule has 3 rings (SSSR count). The topological polar surface area (TPSA) is 62.3 Å². The van der Waals surface area contributed by atoms with Crippen LogP contribution in [0.25, 0.3) is 0 Å². The maximum atomic E-state index is 6.10. The Morgan fingerprint density at radius 3 is 2.86 bits per heavy atom. The van der Waals surface area contributed by atoms with Crippen LogP contribution in [0.2, 0.25) is 0 Å². The highest BCUT2D eigenvalue weighted by Crippen LogP contribution is 2.33. The molecule has 0 fully saturated rings. The summed E-state index contributed by atoms with van der Waals surface area (Å²) in [6, 6.07) is 6.37. The zero-order valence-electron chi connectivity index (χ0n) is 12.1. The largest absolute Gasteiger partial charge is 0.454 e. The van der Waals surface area contributed by atoms with E-state index in [1.165, 1.54) is 5.56 Å². The number of nitrogen functional groups attached to an aromatic ring is 1. The molecular weight excluding hydrogens is 381 g/mol. The minimum Gasteiger partial charge on any atom is -0.454 e. The van der Waals surface area contributed by atoms with Crippen LogP contribution >= 0.6 is 22.6 Å². The molecule has 0 radical (unpaired) electrons. The quantitative estimate of drug-likeness (QED) is 0.802. The van der Waals surface area contributed by atoms with Crippen molar-refractivity contribution in [2.75, 3.05) is 12.5 Å². The highest BCUT2D eigenvalue weighted by atomic mass is 127. The molecule has 0 bridgehead atoms. The minimum atomic E-state index is 0.262. The van der Waals surface area contributed by atoms with Crippen molar-refractivity contribution in [1.82, 2.24) is 9.78 Å². The lowest BCUT2D eigenvalue weighted by atomic mass is 10.1. The molecule has 112 valence electrons. The molecule has 0 saturated carbocycles. The number of ether oxygens (including phenoxy) is 2. The molecule has 21 heavy (non-hydrogen) atoms. The van der Waals surface area contributed by atoms with Crippen LogP contribution in [0, 0.1) is 10.5 Å². The number of benzene rings is 1. The van der Waals surface area contributed by atoms with Crippen molar-refractivity contribution in [3.8, 4) is 11.5 Å². The summed E-state index contributed by atoms with van der Waals surface area (Å²) in [5.41, 5.74) is 8.33. The molecule has 2 aromatic rings. The van der Waals surface area contributed by atoms with Crippen molar-refractivity contribution in [3.63, 3.8) is 0 Å². The molecule has 0 spiro atoms. The second kappa shape index (κ2) is 5.75. The maximum Gasteiger partial charge on any atom is 0.231 e. The average Bonchev–Trinajstić information content (AvgIpc) is 3.04. The van der Waals surface area contributed by atoms with E-state index in [1.54, 1.807) is 0 Å². The van der Waals surface area contributed by atoms with E-state index in [0.29, 0.717) is 6.79 Å². The number of aryl methyl sites for hydroxylation is 2. The molecule has 1 aromatic heterocycles. The molecule has 1 aliphatic heterocycles. The van der Waals surface area contributed by atoms with Gasteiger partial charge in [0.1, 0.15) is 5.82 Å². The molecule has 0 amide bonds. The van der Waals surface area contributed by atoms with Crippen molar-refractivity contribution in [2.45, 2.75) is 32.7 Å². The molecule has 1 atom stereocenters. The third kappa shape index (κ3) is 2.81. The van der Waals surface area contributed by atoms with E-state index in [2.05, 4.69) is 46.7 Å². The Labute approximate surface area is 137 Å². The smallest absolute Gasteiger partial charge is 0.231 e. The van der Waals surface area contributed by atoms with E-state index in [0.717, 1.165) is 39.4 Å². The second-order valence-corrected chi connectivity index (χ2v) is 6.38. The van der Waals surface area contributed by atoms with Crippen molar-refractivity contribution >= 4 is 28.4 Å². The molecule has 5 nitrogen and oxygen atoms in total. The van der Waals surface area contributed by atoms with Gasteiger partial charge in [0.15, 0.2) is 11.5 Å². The number of halogens is 1. The minimum absolute atomic E-state index is 0.262. The Morgan fingerprint density at radius 2 is 2.14 bits per heavy atom. The van der Waals surface area contributed by atoms with Gasteiger partial charge in [0.25, 0.3) is 0 Å². The van der Waals surface area contributed by atoms with E-state index in [9.17, 15) is 0 Å². The number of fused-ring (bicyclic) bond motifs is 1. The lowest BCUT2D eigenvalue weighted by Gasteiger charge is -2.14. The maximum absolute atomic E-state index is 6.10. The normalized spacial score (nSPS) is 14.4. The van der Waals surface area contributed by atoms with E-state index < -0.39 is 0 Å². The molecule has 1 aromatic carbocycles. The Morgan fingerprint density at radius 1 is 1.38 bits per heavy atom. The SMILES string of the molecule is Cc1nn(C(C)CCc2ccc3c(c2)OCO3)c(N)c1I. The Hall–Kier alpha value is -1.44. The summed E-state index contributed by atoms with van der Waals surface area (Å²) in [6.45, 7) is 4.45. The number of rotatable bonds is 4. The van der Waals surface area contributed by atoms with Crippen molar-refractivity contribution in [3.05, 3.63) is 33.0 Å². The van der Waals surface area contributed by atoms with E-state index in [4.69, 9.17) is 15.2 Å². The summed E-state index contributed by atoms with van der Waals surface area (Å²) in [5, 5.41) is 4.52. The summed E-state index contributed by atoms with van der Waals surface area (Å²) in [5.74, 6) is 2.42. The predicted octanol–water partition coefficient (Wildman–Crippen LogP) is 3.30. The Bertz CT molecular complexity index is 669. The highest BCUT2D eigenvalue weighted by Gasteiger charge is 2.16. The molecule has 6 heteroatoms. The van der Waals surface area contributed by atoms with Crippen molar-refractivity contribution < 1.29 is 9.47 Å². The summed E-state index contributed by atoms with van der Waals surface area (Å²) in [6.07, 6.45) is 1.92.